The van der Waals surface area contributed by atoms with Gasteiger partial charge in [0, 0.05) is 5.69 Å². The van der Waals surface area contributed by atoms with Crippen molar-refractivity contribution in [3.8, 4) is 0 Å². The highest BCUT2D eigenvalue weighted by Crippen LogP contribution is 2.18. The number of hydrogen-bond acceptors (Lipinski definition) is 5. The van der Waals surface area contributed by atoms with E-state index in [4.69, 9.17) is 17.4 Å². The molecular weight excluding hydrogens is 206 g/mol. The van der Waals surface area contributed by atoms with Crippen molar-refractivity contribution < 1.29 is 9.53 Å². The minimum Gasteiger partial charge on any atom is -0.466 e. The Hall–Kier alpha value is -0.680. The second kappa shape index (κ2) is 4.53. The number of esters is 1. The SMILES string of the molecule is CCOC(=O)Cc1sc([S-])nc1C. The van der Waals surface area contributed by atoms with Crippen molar-refractivity contribution in [3.05, 3.63) is 10.6 Å². The summed E-state index contributed by atoms with van der Waals surface area (Å²) in [5.41, 5.74) is 0.836. The van der Waals surface area contributed by atoms with Crippen LogP contribution < -0.4 is 0 Å². The van der Waals surface area contributed by atoms with Gasteiger partial charge in [0.25, 0.3) is 0 Å². The quantitative estimate of drug-likeness (QED) is 0.566. The van der Waals surface area contributed by atoms with E-state index < -0.39 is 0 Å². The van der Waals surface area contributed by atoms with Gasteiger partial charge in [-0.1, -0.05) is 4.88 Å². The normalized spacial score (nSPS) is 10.0. The third kappa shape index (κ3) is 2.93. The van der Waals surface area contributed by atoms with Gasteiger partial charge < -0.3 is 28.7 Å². The molecule has 1 heterocycles. The molecule has 0 aliphatic heterocycles. The largest absolute Gasteiger partial charge is 0.466 e. The number of aromatic nitrogens is 1. The number of ether oxygens (including phenoxy) is 1. The van der Waals surface area contributed by atoms with E-state index in [0.717, 1.165) is 10.6 Å². The van der Waals surface area contributed by atoms with E-state index in [1.807, 2.05) is 6.92 Å². The Morgan fingerprint density at radius 3 is 2.85 bits per heavy atom. The molecule has 0 atom stereocenters. The van der Waals surface area contributed by atoms with Crippen LogP contribution in [0.1, 0.15) is 17.5 Å². The van der Waals surface area contributed by atoms with Gasteiger partial charge in [-0.25, -0.2) is 0 Å². The van der Waals surface area contributed by atoms with Crippen LogP contribution in [0.5, 0.6) is 0 Å². The van der Waals surface area contributed by atoms with Crippen molar-refractivity contribution in [1.82, 2.24) is 4.98 Å². The first-order valence-corrected chi connectivity index (χ1v) is 5.15. The molecule has 1 rings (SSSR count). The van der Waals surface area contributed by atoms with Gasteiger partial charge in [0.15, 0.2) is 0 Å². The number of thiazole rings is 1. The molecule has 5 heteroatoms. The fraction of sp³-hybridized carbons (Fsp3) is 0.500. The molecule has 3 nitrogen and oxygen atoms in total. The van der Waals surface area contributed by atoms with E-state index in [1.165, 1.54) is 11.3 Å². The van der Waals surface area contributed by atoms with E-state index in [1.54, 1.807) is 6.92 Å². The van der Waals surface area contributed by atoms with Crippen LogP contribution in [0, 0.1) is 6.92 Å². The molecule has 0 aliphatic carbocycles. The molecule has 0 spiro atoms. The van der Waals surface area contributed by atoms with Crippen LogP contribution >= 0.6 is 11.3 Å². The molecule has 1 aromatic heterocycles. The summed E-state index contributed by atoms with van der Waals surface area (Å²) in [6, 6.07) is 0. The van der Waals surface area contributed by atoms with Crippen molar-refractivity contribution in [2.24, 2.45) is 0 Å². The van der Waals surface area contributed by atoms with E-state index >= 15 is 0 Å². The predicted octanol–water partition coefficient (Wildman–Crippen LogP) is 1.46. The maximum absolute atomic E-state index is 11.1. The Labute approximate surface area is 86.5 Å². The van der Waals surface area contributed by atoms with Crippen LogP contribution in [0.2, 0.25) is 0 Å². The molecule has 0 bridgehead atoms. The van der Waals surface area contributed by atoms with E-state index in [2.05, 4.69) is 4.98 Å². The van der Waals surface area contributed by atoms with Crippen LogP contribution in [0.25, 0.3) is 0 Å². The van der Waals surface area contributed by atoms with Gasteiger partial charge in [0.05, 0.1) is 13.0 Å². The van der Waals surface area contributed by atoms with E-state index in [9.17, 15) is 4.79 Å². The van der Waals surface area contributed by atoms with Crippen molar-refractivity contribution in [2.75, 3.05) is 6.61 Å². The molecule has 0 N–H and O–H groups in total. The zero-order valence-corrected chi connectivity index (χ0v) is 9.13. The molecule has 1 aromatic rings. The third-order valence-electron chi connectivity index (χ3n) is 1.48. The lowest BCUT2D eigenvalue weighted by Gasteiger charge is -2.02. The van der Waals surface area contributed by atoms with Gasteiger partial charge in [0.2, 0.25) is 0 Å². The number of carbonyl (C=O) groups is 1. The molecule has 0 fully saturated rings. The fourth-order valence-corrected chi connectivity index (χ4v) is 2.12. The summed E-state index contributed by atoms with van der Waals surface area (Å²) in [5, 5.41) is 0. The Morgan fingerprint density at radius 1 is 1.69 bits per heavy atom. The van der Waals surface area contributed by atoms with Crippen molar-refractivity contribution >= 4 is 29.9 Å². The highest BCUT2D eigenvalue weighted by atomic mass is 32.2. The van der Waals surface area contributed by atoms with Gasteiger partial charge >= 0.3 is 5.97 Å². The molecule has 0 saturated heterocycles. The van der Waals surface area contributed by atoms with Gasteiger partial charge in [0.1, 0.15) is 0 Å². The summed E-state index contributed by atoms with van der Waals surface area (Å²) in [4.78, 5) is 16.1. The summed E-state index contributed by atoms with van der Waals surface area (Å²) < 4.78 is 5.40. The Balaban J connectivity index is 2.63. The number of hydrogen-bond donors (Lipinski definition) is 0. The lowest BCUT2D eigenvalue weighted by molar-refractivity contribution is -0.142. The van der Waals surface area contributed by atoms with Gasteiger partial charge in [-0.3, -0.25) is 9.78 Å². The predicted molar refractivity (Wildman–Crippen MR) is 52.8 cm³/mol. The summed E-state index contributed by atoms with van der Waals surface area (Å²) >= 11 is 6.26. The lowest BCUT2D eigenvalue weighted by Crippen LogP contribution is -2.07. The zero-order chi connectivity index (χ0) is 9.84. The first kappa shape index (κ1) is 10.4. The second-order valence-corrected chi connectivity index (χ2v) is 4.20. The second-order valence-electron chi connectivity index (χ2n) is 2.47. The van der Waals surface area contributed by atoms with Gasteiger partial charge in [-0.15, -0.1) is 0 Å². The maximum Gasteiger partial charge on any atom is 0.309 e. The number of nitrogens with zero attached hydrogens (tertiary/aromatic N) is 1. The summed E-state index contributed by atoms with van der Waals surface area (Å²) in [7, 11) is 0. The molecule has 0 aromatic carbocycles. The average Bonchev–Trinajstić information content (AvgIpc) is 2.30. The van der Waals surface area contributed by atoms with E-state index in [-0.39, 0.29) is 12.4 Å². The summed E-state index contributed by atoms with van der Waals surface area (Å²) in [6.07, 6.45) is 0.286. The highest BCUT2D eigenvalue weighted by molar-refractivity contribution is 7.62. The smallest absolute Gasteiger partial charge is 0.309 e. The lowest BCUT2D eigenvalue weighted by atomic mass is 10.3. The molecule has 0 radical (unpaired) electrons. The minimum atomic E-state index is -0.218. The van der Waals surface area contributed by atoms with Crippen LogP contribution in [0.3, 0.4) is 0 Å². The average molecular weight is 216 g/mol. The van der Waals surface area contributed by atoms with Crippen molar-refractivity contribution in [3.63, 3.8) is 0 Å². The minimum absolute atomic E-state index is 0.218. The standard InChI is InChI=1S/C8H11NO2S2/c1-3-11-7(10)4-6-5(2)9-8(12)13-6/h3-4H2,1-2H3,(H,9,12)/p-1. The van der Waals surface area contributed by atoms with Crippen LogP contribution in [0.4, 0.5) is 0 Å². The first-order valence-electron chi connectivity index (χ1n) is 3.92. The molecule has 0 unspecified atom stereocenters. The Kier molecular flexibility index (Phi) is 3.62. The van der Waals surface area contributed by atoms with Crippen LogP contribution in [-0.4, -0.2) is 17.6 Å². The molecular formula is C8H10NO2S2-. The molecule has 0 aliphatic rings. The molecule has 72 valence electrons. The van der Waals surface area contributed by atoms with Crippen molar-refractivity contribution in [1.29, 1.82) is 0 Å². The Bertz CT molecular complexity index is 309. The number of carbonyl (C=O) groups excluding carboxylic acids is 1. The topological polar surface area (TPSA) is 39.2 Å². The zero-order valence-electron chi connectivity index (χ0n) is 7.49. The fourth-order valence-electron chi connectivity index (χ4n) is 0.908. The maximum atomic E-state index is 11.1. The first-order chi connectivity index (χ1) is 6.13. The van der Waals surface area contributed by atoms with E-state index in [0.29, 0.717) is 10.9 Å². The monoisotopic (exact) mass is 216 g/mol. The van der Waals surface area contributed by atoms with Gasteiger partial charge in [-0.2, -0.15) is 0 Å². The van der Waals surface area contributed by atoms with Crippen LogP contribution in [-0.2, 0) is 28.6 Å². The highest BCUT2D eigenvalue weighted by Gasteiger charge is 2.05. The summed E-state index contributed by atoms with van der Waals surface area (Å²) in [5.74, 6) is -0.218. The Morgan fingerprint density at radius 2 is 2.38 bits per heavy atom. The number of aryl methyl sites for hydroxylation is 1. The molecule has 0 amide bonds. The van der Waals surface area contributed by atoms with Crippen molar-refractivity contribution in [2.45, 2.75) is 24.6 Å². The molecule has 13 heavy (non-hydrogen) atoms. The third-order valence-corrected chi connectivity index (χ3v) is 2.78. The van der Waals surface area contributed by atoms with Gasteiger partial charge in [-0.05, 0) is 18.2 Å². The molecule has 0 saturated carbocycles. The summed E-state index contributed by atoms with van der Waals surface area (Å²) in [6.45, 7) is 4.05. The number of rotatable bonds is 3. The van der Waals surface area contributed by atoms with Crippen LogP contribution in [0.15, 0.2) is 4.34 Å².